The number of hydrogen-bond acceptors (Lipinski definition) is 7. The van der Waals surface area contributed by atoms with Gasteiger partial charge >= 0.3 is 0 Å². The molecule has 1 aromatic heterocycles. The molecule has 0 aliphatic carbocycles. The average molecular weight is 526 g/mol. The summed E-state index contributed by atoms with van der Waals surface area (Å²) in [6.07, 6.45) is 3.26. The lowest BCUT2D eigenvalue weighted by molar-refractivity contribution is -0.114. The third-order valence-electron chi connectivity index (χ3n) is 5.76. The molecule has 1 atom stereocenters. The monoisotopic (exact) mass is 525 g/mol. The van der Waals surface area contributed by atoms with Gasteiger partial charge in [-0.3, -0.25) is 14.6 Å². The van der Waals surface area contributed by atoms with Crippen LogP contribution in [0.15, 0.2) is 101 Å². The van der Waals surface area contributed by atoms with Gasteiger partial charge < -0.3 is 20.7 Å². The molecule has 1 aliphatic rings. The van der Waals surface area contributed by atoms with Crippen LogP contribution in [0.1, 0.15) is 25.3 Å². The maximum Gasteiger partial charge on any atom is 0.254 e. The van der Waals surface area contributed by atoms with Crippen molar-refractivity contribution in [3.63, 3.8) is 0 Å². The summed E-state index contributed by atoms with van der Waals surface area (Å²) in [4.78, 5) is 30.2. The van der Waals surface area contributed by atoms with E-state index >= 15 is 0 Å². The minimum Gasteiger partial charge on any atom is -0.494 e. The topological polar surface area (TPSA) is 116 Å². The third kappa shape index (κ3) is 6.41. The minimum absolute atomic E-state index is 0.0720. The van der Waals surface area contributed by atoms with Gasteiger partial charge in [-0.15, -0.1) is 0 Å². The van der Waals surface area contributed by atoms with E-state index in [1.54, 1.807) is 67.8 Å². The molecule has 8 nitrogen and oxygen atoms in total. The van der Waals surface area contributed by atoms with E-state index < -0.39 is 5.92 Å². The Labute approximate surface area is 225 Å². The number of thioether (sulfide) groups is 1. The minimum atomic E-state index is -0.621. The Morgan fingerprint density at radius 3 is 2.37 bits per heavy atom. The Kier molecular flexibility index (Phi) is 8.80. The highest BCUT2D eigenvalue weighted by Crippen LogP contribution is 2.40. The molecule has 0 saturated carbocycles. The second kappa shape index (κ2) is 12.6. The summed E-state index contributed by atoms with van der Waals surface area (Å²) < 4.78 is 5.43. The second-order valence-electron chi connectivity index (χ2n) is 8.35. The molecular formula is C29H27N5O3S. The molecule has 38 heavy (non-hydrogen) atoms. The molecule has 3 aromatic rings. The van der Waals surface area contributed by atoms with Crippen LogP contribution in [0.2, 0.25) is 0 Å². The van der Waals surface area contributed by atoms with Crippen LogP contribution >= 0.6 is 11.8 Å². The number of nitrogens with zero attached hydrogens (tertiary/aromatic N) is 2. The molecular weight excluding hydrogens is 498 g/mol. The van der Waals surface area contributed by atoms with E-state index in [2.05, 4.69) is 27.0 Å². The van der Waals surface area contributed by atoms with E-state index in [4.69, 9.17) is 4.74 Å². The fraction of sp³-hybridized carbons (Fsp3) is 0.172. The lowest BCUT2D eigenvalue weighted by Gasteiger charge is -2.29. The summed E-state index contributed by atoms with van der Waals surface area (Å²) in [5.41, 5.74) is 3.45. The molecule has 2 heterocycles. The van der Waals surface area contributed by atoms with Crippen molar-refractivity contribution in [2.45, 2.75) is 19.8 Å². The SMILES string of the molecule is CCOc1ccc(NC(=O)CSC2=C(C#N)C(c3ccncc3)C(C(=O)Nc3ccccc3)=C(C)N2)cc1. The van der Waals surface area contributed by atoms with Crippen LogP contribution in [-0.4, -0.2) is 29.2 Å². The predicted molar refractivity (Wildman–Crippen MR) is 149 cm³/mol. The van der Waals surface area contributed by atoms with Crippen LogP contribution in [0.4, 0.5) is 11.4 Å². The number of nitrogens with one attached hydrogen (secondary N) is 3. The van der Waals surface area contributed by atoms with Crippen molar-refractivity contribution in [2.24, 2.45) is 0 Å². The number of anilines is 2. The van der Waals surface area contributed by atoms with Crippen molar-refractivity contribution in [3.8, 4) is 11.8 Å². The van der Waals surface area contributed by atoms with Gasteiger partial charge in [0.2, 0.25) is 5.91 Å². The second-order valence-corrected chi connectivity index (χ2v) is 9.33. The van der Waals surface area contributed by atoms with Gasteiger partial charge in [0.15, 0.2) is 0 Å². The zero-order valence-corrected chi connectivity index (χ0v) is 21.8. The fourth-order valence-electron chi connectivity index (χ4n) is 4.07. The number of aromatic nitrogens is 1. The van der Waals surface area contributed by atoms with Gasteiger partial charge in [-0.1, -0.05) is 30.0 Å². The number of hydrogen-bond donors (Lipinski definition) is 3. The van der Waals surface area contributed by atoms with E-state index in [-0.39, 0.29) is 17.6 Å². The highest BCUT2D eigenvalue weighted by atomic mass is 32.2. The van der Waals surface area contributed by atoms with Gasteiger partial charge in [-0.25, -0.2) is 0 Å². The van der Waals surface area contributed by atoms with Gasteiger partial charge in [-0.2, -0.15) is 5.26 Å². The van der Waals surface area contributed by atoms with E-state index in [0.717, 1.165) is 11.3 Å². The summed E-state index contributed by atoms with van der Waals surface area (Å²) in [5.74, 6) is -0.354. The number of rotatable bonds is 9. The maximum atomic E-state index is 13.4. The quantitative estimate of drug-likeness (QED) is 0.352. The lowest BCUT2D eigenvalue weighted by atomic mass is 9.82. The number of nitriles is 1. The summed E-state index contributed by atoms with van der Waals surface area (Å²) in [5, 5.41) is 19.7. The standard InChI is InChI=1S/C29H27N5O3S/c1-3-37-23-11-9-22(10-12-23)33-25(35)18-38-29-24(17-30)27(20-13-15-31-16-14-20)26(19(2)32-29)28(36)34-21-7-5-4-6-8-21/h4-16,27,32H,3,18H2,1-2H3,(H,33,35)(H,34,36). The lowest BCUT2D eigenvalue weighted by Crippen LogP contribution is -2.31. The first-order chi connectivity index (χ1) is 18.5. The molecule has 0 bridgehead atoms. The van der Waals surface area contributed by atoms with Crippen molar-refractivity contribution < 1.29 is 14.3 Å². The normalized spacial score (nSPS) is 14.8. The van der Waals surface area contributed by atoms with E-state index in [1.807, 2.05) is 25.1 Å². The molecule has 4 rings (SSSR count). The van der Waals surface area contributed by atoms with Gasteiger partial charge in [0.05, 0.1) is 34.9 Å². The van der Waals surface area contributed by atoms with Crippen molar-refractivity contribution in [1.82, 2.24) is 10.3 Å². The number of benzene rings is 2. The molecule has 0 saturated heterocycles. The summed E-state index contributed by atoms with van der Waals surface area (Å²) in [6.45, 7) is 4.27. The van der Waals surface area contributed by atoms with Crippen molar-refractivity contribution in [3.05, 3.63) is 107 Å². The molecule has 0 fully saturated rings. The first-order valence-electron chi connectivity index (χ1n) is 12.0. The third-order valence-corrected chi connectivity index (χ3v) is 6.78. The maximum absolute atomic E-state index is 13.4. The Hall–Kier alpha value is -4.55. The van der Waals surface area contributed by atoms with Crippen molar-refractivity contribution >= 4 is 35.0 Å². The van der Waals surface area contributed by atoms with Crippen LogP contribution in [0.25, 0.3) is 0 Å². The summed E-state index contributed by atoms with van der Waals surface area (Å²) >= 11 is 1.22. The Morgan fingerprint density at radius 2 is 1.71 bits per heavy atom. The number of pyridine rings is 1. The smallest absolute Gasteiger partial charge is 0.254 e. The van der Waals surface area contributed by atoms with Gasteiger partial charge in [0.1, 0.15) is 5.75 Å². The number of allylic oxidation sites excluding steroid dienone is 2. The van der Waals surface area contributed by atoms with E-state index in [1.165, 1.54) is 11.8 Å². The van der Waals surface area contributed by atoms with Gasteiger partial charge in [0, 0.05) is 35.0 Å². The summed E-state index contributed by atoms with van der Waals surface area (Å²) in [6, 6.07) is 22.1. The first kappa shape index (κ1) is 26.5. The molecule has 9 heteroatoms. The molecule has 3 N–H and O–H groups in total. The molecule has 0 spiro atoms. The van der Waals surface area contributed by atoms with Crippen molar-refractivity contribution in [2.75, 3.05) is 23.0 Å². The zero-order valence-electron chi connectivity index (χ0n) is 21.0. The number of amides is 2. The largest absolute Gasteiger partial charge is 0.494 e. The molecule has 1 aliphatic heterocycles. The Balaban J connectivity index is 1.55. The highest BCUT2D eigenvalue weighted by molar-refractivity contribution is 8.03. The molecule has 192 valence electrons. The first-order valence-corrected chi connectivity index (χ1v) is 13.0. The predicted octanol–water partition coefficient (Wildman–Crippen LogP) is 5.19. The number of dihydropyridines is 1. The van der Waals surface area contributed by atoms with E-state index in [0.29, 0.717) is 39.9 Å². The number of carbonyl (C=O) groups excluding carboxylic acids is 2. The van der Waals surface area contributed by atoms with Crippen LogP contribution in [0, 0.1) is 11.3 Å². The van der Waals surface area contributed by atoms with Crippen LogP contribution < -0.4 is 20.7 Å². The van der Waals surface area contributed by atoms with E-state index in [9.17, 15) is 14.9 Å². The van der Waals surface area contributed by atoms with Crippen molar-refractivity contribution in [1.29, 1.82) is 5.26 Å². The molecule has 2 aromatic carbocycles. The van der Waals surface area contributed by atoms with Crippen LogP contribution in [0.5, 0.6) is 5.75 Å². The van der Waals surface area contributed by atoms with Gasteiger partial charge in [-0.05, 0) is 67.9 Å². The number of carbonyl (C=O) groups is 2. The highest BCUT2D eigenvalue weighted by Gasteiger charge is 2.34. The van der Waals surface area contributed by atoms with Crippen LogP contribution in [-0.2, 0) is 9.59 Å². The number of para-hydroxylation sites is 1. The van der Waals surface area contributed by atoms with Crippen LogP contribution in [0.3, 0.4) is 0 Å². The van der Waals surface area contributed by atoms with Gasteiger partial charge in [0.25, 0.3) is 5.91 Å². The Morgan fingerprint density at radius 1 is 1.03 bits per heavy atom. The number of ether oxygens (including phenoxy) is 1. The molecule has 2 amide bonds. The molecule has 1 unspecified atom stereocenters. The zero-order chi connectivity index (χ0) is 26.9. The summed E-state index contributed by atoms with van der Waals surface area (Å²) in [7, 11) is 0. The fourth-order valence-corrected chi connectivity index (χ4v) is 4.96. The Bertz CT molecular complexity index is 1400. The average Bonchev–Trinajstić information content (AvgIpc) is 2.93. The molecule has 0 radical (unpaired) electrons.